The molecule has 0 N–H and O–H groups in total. The van der Waals surface area contributed by atoms with Gasteiger partial charge in [-0.25, -0.2) is 9.97 Å². The molecule has 0 radical (unpaired) electrons. The van der Waals surface area contributed by atoms with Gasteiger partial charge in [-0.2, -0.15) is 0 Å². The van der Waals surface area contributed by atoms with Crippen LogP contribution < -0.4 is 10.5 Å². The number of fused-ring (bicyclic) bond motifs is 4. The molecule has 3 aromatic heterocycles. The Morgan fingerprint density at radius 3 is 2.67 bits per heavy atom. The maximum absolute atomic E-state index is 13.2. The number of piperazine rings is 1. The molecule has 0 bridgehead atoms. The Kier molecular flexibility index (Phi) is 5.36. The third kappa shape index (κ3) is 3.82. The van der Waals surface area contributed by atoms with Gasteiger partial charge in [0.2, 0.25) is 0 Å². The molecule has 0 aliphatic carbocycles. The molecule has 6 rings (SSSR count). The van der Waals surface area contributed by atoms with E-state index >= 15 is 0 Å². The van der Waals surface area contributed by atoms with E-state index in [1.165, 1.54) is 15.8 Å². The van der Waals surface area contributed by atoms with E-state index in [4.69, 9.17) is 4.98 Å². The first-order chi connectivity index (χ1) is 16.2. The highest BCUT2D eigenvalue weighted by atomic mass is 32.1. The Bertz CT molecular complexity index is 1370. The number of benzene rings is 1. The van der Waals surface area contributed by atoms with Crippen LogP contribution in [0.25, 0.3) is 21.1 Å². The molecule has 4 aromatic rings. The van der Waals surface area contributed by atoms with Crippen LogP contribution in [0.2, 0.25) is 0 Å². The van der Waals surface area contributed by atoms with Gasteiger partial charge >= 0.3 is 0 Å². The lowest BCUT2D eigenvalue weighted by Crippen LogP contribution is -2.47. The van der Waals surface area contributed by atoms with E-state index < -0.39 is 0 Å². The van der Waals surface area contributed by atoms with E-state index in [9.17, 15) is 4.79 Å². The zero-order valence-electron chi connectivity index (χ0n) is 18.9. The largest absolute Gasteiger partial charge is 0.354 e. The van der Waals surface area contributed by atoms with Crippen LogP contribution in [0.4, 0.5) is 5.82 Å². The number of hydrogen-bond donors (Lipinski definition) is 0. The van der Waals surface area contributed by atoms with Gasteiger partial charge in [-0.3, -0.25) is 19.2 Å². The second-order valence-electron chi connectivity index (χ2n) is 8.92. The number of anilines is 1. The van der Waals surface area contributed by atoms with Crippen LogP contribution in [0.3, 0.4) is 0 Å². The lowest BCUT2D eigenvalue weighted by molar-refractivity contribution is 0.246. The molecule has 33 heavy (non-hydrogen) atoms. The van der Waals surface area contributed by atoms with E-state index in [1.54, 1.807) is 22.2 Å². The summed E-state index contributed by atoms with van der Waals surface area (Å²) in [6.07, 6.45) is 1.74. The van der Waals surface area contributed by atoms with Crippen LogP contribution in [-0.4, -0.2) is 63.6 Å². The van der Waals surface area contributed by atoms with E-state index in [1.807, 2.05) is 12.1 Å². The number of hydrogen-bond acceptors (Lipinski definition) is 7. The summed E-state index contributed by atoms with van der Waals surface area (Å²) in [6.45, 7) is 10.4. The van der Waals surface area contributed by atoms with Crippen molar-refractivity contribution >= 4 is 38.3 Å². The van der Waals surface area contributed by atoms with Gasteiger partial charge in [0.05, 0.1) is 17.2 Å². The second kappa shape index (κ2) is 8.52. The summed E-state index contributed by atoms with van der Waals surface area (Å²) in [5, 5.41) is 2.02. The van der Waals surface area contributed by atoms with Crippen molar-refractivity contribution in [3.05, 3.63) is 63.5 Å². The first kappa shape index (κ1) is 20.8. The minimum absolute atomic E-state index is 0.120. The maximum atomic E-state index is 13.2. The summed E-state index contributed by atoms with van der Waals surface area (Å²) in [5.74, 6) is 1.05. The summed E-state index contributed by atoms with van der Waals surface area (Å²) in [4.78, 5) is 32.1. The quantitative estimate of drug-likeness (QED) is 0.456. The number of para-hydroxylation sites is 1. The van der Waals surface area contributed by atoms with Crippen molar-refractivity contribution in [1.29, 1.82) is 0 Å². The summed E-state index contributed by atoms with van der Waals surface area (Å²) in [5.41, 5.74) is 2.37. The van der Waals surface area contributed by atoms with Crippen molar-refractivity contribution in [3.8, 4) is 0 Å². The molecule has 7 nitrogen and oxygen atoms in total. The monoisotopic (exact) mass is 460 g/mol. The normalized spacial score (nSPS) is 17.3. The molecule has 0 amide bonds. The minimum Gasteiger partial charge on any atom is -0.354 e. The summed E-state index contributed by atoms with van der Waals surface area (Å²) in [6, 6.07) is 12.5. The minimum atomic E-state index is 0.120. The average Bonchev–Trinajstić information content (AvgIpc) is 3.41. The fraction of sp³-hybridized carbons (Fsp3) is 0.400. The molecular formula is C25H28N6OS. The number of thiophene rings is 1. The fourth-order valence-corrected chi connectivity index (χ4v) is 6.15. The number of nitrogens with zero attached hydrogens (tertiary/aromatic N) is 6. The summed E-state index contributed by atoms with van der Waals surface area (Å²) >= 11 is 1.69. The molecule has 170 valence electrons. The van der Waals surface area contributed by atoms with Crippen molar-refractivity contribution in [1.82, 2.24) is 24.3 Å². The number of pyridine rings is 1. The Balaban J connectivity index is 1.11. The lowest BCUT2D eigenvalue weighted by atomic mass is 10.2. The van der Waals surface area contributed by atoms with Crippen LogP contribution in [-0.2, 0) is 19.6 Å². The molecule has 8 heteroatoms. The zero-order valence-corrected chi connectivity index (χ0v) is 19.7. The smallest absolute Gasteiger partial charge is 0.262 e. The third-order valence-corrected chi connectivity index (χ3v) is 8.12. The van der Waals surface area contributed by atoms with Gasteiger partial charge in [-0.15, -0.1) is 11.3 Å². The van der Waals surface area contributed by atoms with Crippen LogP contribution in [0.1, 0.15) is 17.4 Å². The van der Waals surface area contributed by atoms with Gasteiger partial charge in [0, 0.05) is 62.6 Å². The first-order valence-electron chi connectivity index (χ1n) is 11.7. The molecule has 0 saturated carbocycles. The molecule has 1 aromatic carbocycles. The number of rotatable bonds is 5. The van der Waals surface area contributed by atoms with Crippen molar-refractivity contribution in [3.63, 3.8) is 0 Å². The molecule has 0 spiro atoms. The highest BCUT2D eigenvalue weighted by molar-refractivity contribution is 7.18. The van der Waals surface area contributed by atoms with E-state index in [2.05, 4.69) is 50.9 Å². The van der Waals surface area contributed by atoms with Crippen LogP contribution in [0.5, 0.6) is 0 Å². The third-order valence-electron chi connectivity index (χ3n) is 6.99. The highest BCUT2D eigenvalue weighted by Gasteiger charge is 2.26. The maximum Gasteiger partial charge on any atom is 0.262 e. The van der Waals surface area contributed by atoms with Crippen LogP contribution in [0, 0.1) is 0 Å². The Morgan fingerprint density at radius 2 is 1.82 bits per heavy atom. The van der Waals surface area contributed by atoms with Crippen molar-refractivity contribution in [2.45, 2.75) is 26.6 Å². The van der Waals surface area contributed by atoms with Crippen molar-refractivity contribution in [2.75, 3.05) is 44.2 Å². The Morgan fingerprint density at radius 1 is 0.970 bits per heavy atom. The Hall–Kier alpha value is -2.81. The van der Waals surface area contributed by atoms with Crippen LogP contribution >= 0.6 is 11.3 Å². The van der Waals surface area contributed by atoms with Crippen molar-refractivity contribution in [2.24, 2.45) is 0 Å². The predicted octanol–water partition coefficient (Wildman–Crippen LogP) is 3.16. The number of aromatic nitrogens is 3. The molecule has 1 saturated heterocycles. The Labute approximate surface area is 196 Å². The first-order valence-corrected chi connectivity index (χ1v) is 12.6. The van der Waals surface area contributed by atoms with E-state index in [0.29, 0.717) is 6.54 Å². The van der Waals surface area contributed by atoms with Gasteiger partial charge in [-0.05, 0) is 30.3 Å². The topological polar surface area (TPSA) is 57.5 Å². The molecule has 1 fully saturated rings. The molecule has 0 unspecified atom stereocenters. The summed E-state index contributed by atoms with van der Waals surface area (Å²) < 4.78 is 1.81. The SMILES string of the molecule is CCN1Cc2sc3ncn(CCN4CCN(c5ccc6ccccc6n5)CC4)c(=O)c3c2C1. The highest BCUT2D eigenvalue weighted by Crippen LogP contribution is 2.34. The van der Waals surface area contributed by atoms with Gasteiger partial charge in [0.25, 0.3) is 5.56 Å². The zero-order chi connectivity index (χ0) is 22.4. The summed E-state index contributed by atoms with van der Waals surface area (Å²) in [7, 11) is 0. The molecular weight excluding hydrogens is 432 g/mol. The standard InChI is InChI=1S/C25H28N6OS/c1-2-28-15-19-21(16-28)33-24-23(19)25(32)31(17-26-24)14-11-29-9-12-30(13-10-29)22-8-7-18-5-3-4-6-20(18)27-22/h3-8,17H,2,9-16H2,1H3. The lowest BCUT2D eigenvalue weighted by Gasteiger charge is -2.35. The molecule has 2 aliphatic heterocycles. The molecule has 5 heterocycles. The second-order valence-corrected chi connectivity index (χ2v) is 10.0. The van der Waals surface area contributed by atoms with E-state index in [0.717, 1.165) is 73.9 Å². The molecule has 0 atom stereocenters. The van der Waals surface area contributed by atoms with Gasteiger partial charge < -0.3 is 4.90 Å². The van der Waals surface area contributed by atoms with Gasteiger partial charge in [0.1, 0.15) is 10.6 Å². The fourth-order valence-electron chi connectivity index (χ4n) is 4.97. The van der Waals surface area contributed by atoms with Crippen LogP contribution in [0.15, 0.2) is 47.5 Å². The average molecular weight is 461 g/mol. The van der Waals surface area contributed by atoms with Gasteiger partial charge in [0.15, 0.2) is 0 Å². The predicted molar refractivity (Wildman–Crippen MR) is 134 cm³/mol. The van der Waals surface area contributed by atoms with E-state index in [-0.39, 0.29) is 5.56 Å². The van der Waals surface area contributed by atoms with Crippen molar-refractivity contribution < 1.29 is 0 Å². The van der Waals surface area contributed by atoms with Gasteiger partial charge in [-0.1, -0.05) is 25.1 Å². The molecule has 2 aliphatic rings.